The van der Waals surface area contributed by atoms with E-state index in [1.807, 2.05) is 54.6 Å². The molecule has 1 spiro atoms. The van der Waals surface area contributed by atoms with Crippen LogP contribution in [0.3, 0.4) is 0 Å². The SMILES string of the molecule is CC/C=C/C=C/C1=C(C)C(=O)[C@]2(O1)C(=O)N/C(=C\c1ccccc1)[C@@H]2O[Si](C(C)C)(C(C)C)C(C)C. The molecule has 2 heterocycles. The highest BCUT2D eigenvalue weighted by atomic mass is 28.4. The van der Waals surface area contributed by atoms with Crippen LogP contribution in [-0.2, 0) is 18.8 Å². The second-order valence-electron chi connectivity index (χ2n) is 10.6. The van der Waals surface area contributed by atoms with Gasteiger partial charge in [-0.3, -0.25) is 9.59 Å². The molecule has 1 saturated heterocycles. The van der Waals surface area contributed by atoms with Crippen LogP contribution in [0.5, 0.6) is 0 Å². The first kappa shape index (κ1) is 27.9. The van der Waals surface area contributed by atoms with Crippen molar-refractivity contribution >= 4 is 26.1 Å². The Kier molecular flexibility index (Phi) is 8.62. The minimum absolute atomic E-state index is 0.271. The fourth-order valence-corrected chi connectivity index (χ4v) is 11.3. The molecule has 0 saturated carbocycles. The highest BCUT2D eigenvalue weighted by Crippen LogP contribution is 2.49. The maximum atomic E-state index is 13.9. The average Bonchev–Trinajstić information content (AvgIpc) is 3.23. The molecular weight excluding hydrogens is 466 g/mol. The number of nitrogens with one attached hydrogen (secondary N) is 1. The molecule has 0 unspecified atom stereocenters. The Morgan fingerprint density at radius 1 is 1.03 bits per heavy atom. The van der Waals surface area contributed by atoms with E-state index in [4.69, 9.17) is 9.16 Å². The summed E-state index contributed by atoms with van der Waals surface area (Å²) in [6.07, 6.45) is 9.48. The Labute approximate surface area is 217 Å². The molecule has 5 nitrogen and oxygen atoms in total. The topological polar surface area (TPSA) is 64.6 Å². The lowest BCUT2D eigenvalue weighted by atomic mass is 9.90. The number of hydrogen-bond donors (Lipinski definition) is 1. The van der Waals surface area contributed by atoms with Crippen LogP contribution in [0.2, 0.25) is 16.6 Å². The van der Waals surface area contributed by atoms with Crippen molar-refractivity contribution in [1.29, 1.82) is 0 Å². The molecule has 3 rings (SSSR count). The predicted octanol–water partition coefficient (Wildman–Crippen LogP) is 6.85. The zero-order chi connectivity index (χ0) is 26.7. The van der Waals surface area contributed by atoms with Crippen molar-refractivity contribution in [3.8, 4) is 0 Å². The molecule has 2 atom stereocenters. The summed E-state index contributed by atoms with van der Waals surface area (Å²) in [6.45, 7) is 16.9. The van der Waals surface area contributed by atoms with Gasteiger partial charge in [0, 0.05) is 5.57 Å². The molecule has 1 N–H and O–H groups in total. The van der Waals surface area contributed by atoms with Crippen LogP contribution in [0.1, 0.15) is 67.4 Å². The number of benzene rings is 1. The summed E-state index contributed by atoms with van der Waals surface area (Å²) >= 11 is 0. The van der Waals surface area contributed by atoms with Crippen molar-refractivity contribution in [2.45, 2.75) is 90.1 Å². The molecule has 2 aliphatic heterocycles. The summed E-state index contributed by atoms with van der Waals surface area (Å²) in [7, 11) is -2.50. The third-order valence-corrected chi connectivity index (χ3v) is 13.5. The van der Waals surface area contributed by atoms with Crippen molar-refractivity contribution in [2.75, 3.05) is 0 Å². The molecule has 1 aromatic rings. The van der Waals surface area contributed by atoms with Gasteiger partial charge in [-0.2, -0.15) is 0 Å². The minimum atomic E-state index is -2.50. The number of hydrogen-bond acceptors (Lipinski definition) is 4. The Balaban J connectivity index is 2.16. The number of carbonyl (C=O) groups excluding carboxylic acids is 2. The van der Waals surface area contributed by atoms with Gasteiger partial charge in [0.1, 0.15) is 11.9 Å². The third kappa shape index (κ3) is 4.81. The lowest BCUT2D eigenvalue weighted by Gasteiger charge is -2.45. The number of allylic oxidation sites excluding steroid dienone is 4. The summed E-state index contributed by atoms with van der Waals surface area (Å²) in [5.74, 6) is -0.387. The van der Waals surface area contributed by atoms with Crippen molar-refractivity contribution in [3.63, 3.8) is 0 Å². The van der Waals surface area contributed by atoms with Crippen LogP contribution < -0.4 is 5.32 Å². The number of ketones is 1. The van der Waals surface area contributed by atoms with Gasteiger partial charge in [0.2, 0.25) is 14.1 Å². The van der Waals surface area contributed by atoms with E-state index in [2.05, 4.69) is 53.8 Å². The zero-order valence-corrected chi connectivity index (χ0v) is 23.9. The van der Waals surface area contributed by atoms with Crippen molar-refractivity contribution in [2.24, 2.45) is 0 Å². The van der Waals surface area contributed by atoms with Gasteiger partial charge in [0.25, 0.3) is 11.5 Å². The van der Waals surface area contributed by atoms with E-state index >= 15 is 0 Å². The number of rotatable bonds is 9. The summed E-state index contributed by atoms with van der Waals surface area (Å²) in [5, 5.41) is 2.98. The van der Waals surface area contributed by atoms with E-state index in [0.29, 0.717) is 17.0 Å². The van der Waals surface area contributed by atoms with E-state index < -0.39 is 25.9 Å². The van der Waals surface area contributed by atoms with Gasteiger partial charge in [-0.15, -0.1) is 0 Å². The van der Waals surface area contributed by atoms with Crippen LogP contribution in [0.25, 0.3) is 6.08 Å². The Bertz CT molecular complexity index is 1080. The van der Waals surface area contributed by atoms with Crippen LogP contribution in [-0.4, -0.2) is 31.7 Å². The van der Waals surface area contributed by atoms with Crippen LogP contribution in [0.15, 0.2) is 71.7 Å². The van der Waals surface area contributed by atoms with Gasteiger partial charge in [-0.1, -0.05) is 97.0 Å². The maximum Gasteiger partial charge on any atom is 0.279 e. The van der Waals surface area contributed by atoms with Crippen LogP contribution in [0, 0.1) is 0 Å². The molecule has 6 heteroatoms. The summed E-state index contributed by atoms with van der Waals surface area (Å²) in [4.78, 5) is 27.5. The summed E-state index contributed by atoms with van der Waals surface area (Å²) in [5.41, 5.74) is 0.973. The molecule has 1 aromatic carbocycles. The molecule has 0 radical (unpaired) electrons. The maximum absolute atomic E-state index is 13.9. The molecule has 0 aliphatic carbocycles. The van der Waals surface area contributed by atoms with Gasteiger partial charge >= 0.3 is 0 Å². The summed E-state index contributed by atoms with van der Waals surface area (Å²) < 4.78 is 13.5. The number of amides is 1. The van der Waals surface area contributed by atoms with Crippen molar-refractivity contribution in [1.82, 2.24) is 5.32 Å². The molecule has 1 amide bonds. The first-order chi connectivity index (χ1) is 17.0. The van der Waals surface area contributed by atoms with Gasteiger partial charge in [0.15, 0.2) is 0 Å². The second-order valence-corrected chi connectivity index (χ2v) is 16.0. The van der Waals surface area contributed by atoms with E-state index in [1.54, 1.807) is 13.0 Å². The highest BCUT2D eigenvalue weighted by molar-refractivity contribution is 6.77. The first-order valence-electron chi connectivity index (χ1n) is 13.1. The largest absolute Gasteiger partial charge is 0.465 e. The van der Waals surface area contributed by atoms with E-state index in [1.165, 1.54) is 0 Å². The normalized spacial score (nSPS) is 24.1. The first-order valence-corrected chi connectivity index (χ1v) is 15.2. The average molecular weight is 508 g/mol. The quantitative estimate of drug-likeness (QED) is 0.225. The van der Waals surface area contributed by atoms with E-state index in [9.17, 15) is 9.59 Å². The predicted molar refractivity (Wildman–Crippen MR) is 149 cm³/mol. The summed E-state index contributed by atoms with van der Waals surface area (Å²) in [6, 6.07) is 9.77. The monoisotopic (exact) mass is 507 g/mol. The number of carbonyl (C=O) groups is 2. The van der Waals surface area contributed by atoms with Crippen molar-refractivity contribution < 1.29 is 18.8 Å². The third-order valence-electron chi connectivity index (χ3n) is 7.45. The number of Topliss-reactive ketones (excluding diaryl/α,β-unsaturated/α-hetero) is 1. The molecule has 0 aromatic heterocycles. The minimum Gasteiger partial charge on any atom is -0.465 e. The Hall–Kier alpha value is -2.70. The molecule has 36 heavy (non-hydrogen) atoms. The second kappa shape index (κ2) is 11.1. The van der Waals surface area contributed by atoms with Crippen LogP contribution >= 0.6 is 0 Å². The lowest BCUT2D eigenvalue weighted by Crippen LogP contribution is -2.59. The van der Waals surface area contributed by atoms with E-state index in [-0.39, 0.29) is 22.4 Å². The number of ether oxygens (including phenoxy) is 1. The van der Waals surface area contributed by atoms with Gasteiger partial charge in [-0.05, 0) is 47.7 Å². The standard InChI is InChI=1S/C30H41NO4Si/c1-9-10-11-15-18-26-23(8)27(32)30(34-26)28(35-36(20(2)3,21(4)5)22(6)7)25(31-29(30)33)19-24-16-13-12-14-17-24/h10-22,28H,9H2,1-8H3,(H,31,33)/b11-10+,18-15+,25-19-/t28-,30+/m0/s1. The molecule has 1 fully saturated rings. The van der Waals surface area contributed by atoms with Gasteiger partial charge in [-0.25, -0.2) is 0 Å². The van der Waals surface area contributed by atoms with Gasteiger partial charge < -0.3 is 14.5 Å². The van der Waals surface area contributed by atoms with E-state index in [0.717, 1.165) is 12.0 Å². The van der Waals surface area contributed by atoms with Crippen molar-refractivity contribution in [3.05, 3.63) is 77.2 Å². The smallest absolute Gasteiger partial charge is 0.279 e. The van der Waals surface area contributed by atoms with Crippen LogP contribution in [0.4, 0.5) is 0 Å². The Morgan fingerprint density at radius 2 is 1.64 bits per heavy atom. The molecule has 194 valence electrons. The fraction of sp³-hybridized carbons (Fsp3) is 0.467. The lowest BCUT2D eigenvalue weighted by molar-refractivity contribution is -0.151. The highest BCUT2D eigenvalue weighted by Gasteiger charge is 2.67. The zero-order valence-electron chi connectivity index (χ0n) is 22.9. The Morgan fingerprint density at radius 3 is 2.19 bits per heavy atom. The molecule has 0 bridgehead atoms. The molecule has 2 aliphatic rings. The molecular formula is C30H41NO4Si. The van der Waals surface area contributed by atoms with Gasteiger partial charge in [0.05, 0.1) is 5.70 Å². The fourth-order valence-electron chi connectivity index (χ4n) is 5.75.